The van der Waals surface area contributed by atoms with E-state index < -0.39 is 0 Å². The first-order valence-corrected chi connectivity index (χ1v) is 16.3. The van der Waals surface area contributed by atoms with Crippen molar-refractivity contribution in [3.8, 4) is 0 Å². The van der Waals surface area contributed by atoms with Crippen molar-refractivity contribution in [3.63, 3.8) is 0 Å². The fourth-order valence-electron chi connectivity index (χ4n) is 8.55. The molecule has 6 rings (SSSR count). The molecule has 212 valence electrons. The van der Waals surface area contributed by atoms with Crippen LogP contribution < -0.4 is 0 Å². The predicted octanol–water partition coefficient (Wildman–Crippen LogP) is 9.58. The summed E-state index contributed by atoms with van der Waals surface area (Å²) >= 11 is 0. The minimum absolute atomic E-state index is 0.0314. The third kappa shape index (κ3) is 6.46. The van der Waals surface area contributed by atoms with Crippen molar-refractivity contribution in [2.24, 2.45) is 17.8 Å². The molecule has 3 aliphatic carbocycles. The van der Waals surface area contributed by atoms with Crippen molar-refractivity contribution >= 4 is 0 Å². The highest BCUT2D eigenvalue weighted by Gasteiger charge is 2.33. The first-order valence-electron chi connectivity index (χ1n) is 16.3. The minimum atomic E-state index is -0.153. The molecule has 1 aliphatic heterocycles. The van der Waals surface area contributed by atoms with E-state index in [0.717, 1.165) is 81.3 Å². The molecule has 39 heavy (non-hydrogen) atoms. The number of aliphatic hydroxyl groups excluding tert-OH is 1. The number of halogens is 1. The molecule has 4 fully saturated rings. The summed E-state index contributed by atoms with van der Waals surface area (Å²) < 4.78 is 20.8. The molecule has 2 unspecified atom stereocenters. The molecule has 0 amide bonds. The Morgan fingerprint density at radius 2 is 1.23 bits per heavy atom. The van der Waals surface area contributed by atoms with Gasteiger partial charge in [0.15, 0.2) is 0 Å². The van der Waals surface area contributed by atoms with Gasteiger partial charge in [0, 0.05) is 0 Å². The molecule has 1 N–H and O–H groups in total. The maximum Gasteiger partial charge on any atom is 0.126 e. The summed E-state index contributed by atoms with van der Waals surface area (Å²) in [7, 11) is 0. The molecule has 0 radical (unpaired) electrons. The predicted molar refractivity (Wildman–Crippen MR) is 157 cm³/mol. The fraction of sp³-hybridized carbons (Fsp3) is 0.667. The summed E-state index contributed by atoms with van der Waals surface area (Å²) in [4.78, 5) is 0. The summed E-state index contributed by atoms with van der Waals surface area (Å²) in [6.45, 7) is 3.03. The molecule has 0 spiro atoms. The second-order valence-electron chi connectivity index (χ2n) is 13.5. The zero-order valence-corrected chi connectivity index (χ0v) is 24.0. The summed E-state index contributed by atoms with van der Waals surface area (Å²) in [6, 6.07) is 15.4. The van der Waals surface area contributed by atoms with Gasteiger partial charge in [0.05, 0.1) is 12.7 Å². The highest BCUT2D eigenvalue weighted by Crippen LogP contribution is 2.47. The number of hydrogen-bond donors (Lipinski definition) is 1. The van der Waals surface area contributed by atoms with Crippen molar-refractivity contribution in [2.45, 2.75) is 127 Å². The lowest BCUT2D eigenvalue weighted by molar-refractivity contribution is 0.0730. The third-order valence-electron chi connectivity index (χ3n) is 11.2. The van der Waals surface area contributed by atoms with Crippen LogP contribution in [0.5, 0.6) is 0 Å². The number of aliphatic hydroxyl groups is 1. The smallest absolute Gasteiger partial charge is 0.126 e. The van der Waals surface area contributed by atoms with Crippen molar-refractivity contribution in [3.05, 3.63) is 70.5 Å². The highest BCUT2D eigenvalue weighted by molar-refractivity contribution is 5.31. The van der Waals surface area contributed by atoms with E-state index in [0.29, 0.717) is 23.9 Å². The van der Waals surface area contributed by atoms with Crippen molar-refractivity contribution in [2.75, 3.05) is 6.61 Å². The molecule has 0 aromatic heterocycles. The van der Waals surface area contributed by atoms with Crippen molar-refractivity contribution in [1.82, 2.24) is 0 Å². The van der Waals surface area contributed by atoms with E-state index >= 15 is 4.39 Å². The zero-order valence-electron chi connectivity index (χ0n) is 24.0. The van der Waals surface area contributed by atoms with Crippen LogP contribution in [0, 0.1) is 23.6 Å². The summed E-state index contributed by atoms with van der Waals surface area (Å²) in [5.74, 6) is 3.72. The van der Waals surface area contributed by atoms with E-state index in [9.17, 15) is 5.11 Å². The molecule has 1 saturated heterocycles. The molecule has 4 aliphatic rings. The van der Waals surface area contributed by atoms with Crippen LogP contribution >= 0.6 is 0 Å². The largest absolute Gasteiger partial charge is 0.393 e. The Kier molecular flexibility index (Phi) is 8.75. The number of epoxide rings is 1. The average Bonchev–Trinajstić information content (AvgIpc) is 3.84. The topological polar surface area (TPSA) is 32.8 Å². The van der Waals surface area contributed by atoms with Crippen LogP contribution in [0.2, 0.25) is 0 Å². The maximum absolute atomic E-state index is 15.4. The first-order chi connectivity index (χ1) is 19.1. The molecular weight excluding hydrogens is 483 g/mol. The summed E-state index contributed by atoms with van der Waals surface area (Å²) in [5.41, 5.74) is 5.00. The van der Waals surface area contributed by atoms with Gasteiger partial charge >= 0.3 is 0 Å². The van der Waals surface area contributed by atoms with Gasteiger partial charge in [-0.2, -0.15) is 0 Å². The molecule has 1 heterocycles. The van der Waals surface area contributed by atoms with Crippen molar-refractivity contribution in [1.29, 1.82) is 0 Å². The number of benzene rings is 2. The van der Waals surface area contributed by atoms with Gasteiger partial charge < -0.3 is 9.84 Å². The normalized spacial score (nSPS) is 34.0. The second kappa shape index (κ2) is 12.4. The molecule has 2 aromatic rings. The Hall–Kier alpha value is -1.71. The van der Waals surface area contributed by atoms with Crippen LogP contribution in [0.25, 0.3) is 0 Å². The SMILES string of the molecule is CCCC(O)C1CCC(c2ccc(C3CCC(C4CCC(c5ccc(C6CO6)cc5)CC4)CC3)c(F)c2)CC1. The molecule has 2 nitrogen and oxygen atoms in total. The lowest BCUT2D eigenvalue weighted by Crippen LogP contribution is -2.25. The lowest BCUT2D eigenvalue weighted by Gasteiger charge is -2.38. The standard InChI is InChI=1S/C36H49FO2/c1-2-3-35(38)30-16-10-28(11-17-30)32-20-21-33(34(37)22-32)29-14-8-26(9-15-29)24-4-6-25(7-5-24)27-12-18-31(19-13-27)36-23-39-36/h12-13,18-22,24-26,28-30,35-36,38H,2-11,14-17,23H2,1H3. The van der Waals surface area contributed by atoms with E-state index in [1.807, 2.05) is 6.07 Å². The summed E-state index contributed by atoms with van der Waals surface area (Å²) in [6.07, 6.45) is 16.6. The van der Waals surface area contributed by atoms with Crippen molar-refractivity contribution < 1.29 is 14.2 Å². The Balaban J connectivity index is 0.968. The van der Waals surface area contributed by atoms with Gasteiger partial charge in [-0.1, -0.05) is 49.7 Å². The molecule has 2 atom stereocenters. The van der Waals surface area contributed by atoms with Gasteiger partial charge in [-0.15, -0.1) is 0 Å². The van der Waals surface area contributed by atoms with Crippen LogP contribution in [0.1, 0.15) is 143 Å². The molecule has 3 heteroatoms. The minimum Gasteiger partial charge on any atom is -0.393 e. The van der Waals surface area contributed by atoms with E-state index in [-0.39, 0.29) is 11.9 Å². The van der Waals surface area contributed by atoms with Gasteiger partial charge in [0.1, 0.15) is 11.9 Å². The Labute approximate surface area is 235 Å². The number of ether oxygens (including phenoxy) is 1. The van der Waals surface area contributed by atoms with Crippen LogP contribution in [-0.4, -0.2) is 17.8 Å². The summed E-state index contributed by atoms with van der Waals surface area (Å²) in [5, 5.41) is 10.4. The zero-order chi connectivity index (χ0) is 26.8. The quantitative estimate of drug-likeness (QED) is 0.343. The molecule has 2 aromatic carbocycles. The number of rotatable bonds is 8. The Morgan fingerprint density at radius 1 is 0.718 bits per heavy atom. The molecule has 3 saturated carbocycles. The first kappa shape index (κ1) is 27.5. The Morgan fingerprint density at radius 3 is 1.79 bits per heavy atom. The lowest BCUT2D eigenvalue weighted by atomic mass is 9.67. The van der Waals surface area contributed by atoms with Crippen LogP contribution in [0.15, 0.2) is 42.5 Å². The van der Waals surface area contributed by atoms with Gasteiger partial charge in [0.2, 0.25) is 0 Å². The highest BCUT2D eigenvalue weighted by atomic mass is 19.1. The van der Waals surface area contributed by atoms with Crippen LogP contribution in [-0.2, 0) is 4.74 Å². The van der Waals surface area contributed by atoms with Crippen LogP contribution in [0.3, 0.4) is 0 Å². The molecular formula is C36H49FO2. The Bertz CT molecular complexity index is 1050. The van der Waals surface area contributed by atoms with Gasteiger partial charge in [-0.3, -0.25) is 0 Å². The third-order valence-corrected chi connectivity index (χ3v) is 11.2. The van der Waals surface area contributed by atoms with Gasteiger partial charge in [-0.05, 0) is 147 Å². The second-order valence-corrected chi connectivity index (χ2v) is 13.5. The van der Waals surface area contributed by atoms with E-state index in [1.54, 1.807) is 0 Å². The van der Waals surface area contributed by atoms with E-state index in [1.165, 1.54) is 55.2 Å². The maximum atomic E-state index is 15.4. The monoisotopic (exact) mass is 532 g/mol. The molecule has 0 bridgehead atoms. The number of hydrogen-bond acceptors (Lipinski definition) is 2. The van der Waals surface area contributed by atoms with E-state index in [4.69, 9.17) is 4.74 Å². The van der Waals surface area contributed by atoms with Crippen LogP contribution in [0.4, 0.5) is 4.39 Å². The fourth-order valence-corrected chi connectivity index (χ4v) is 8.55. The van der Waals surface area contributed by atoms with E-state index in [2.05, 4.69) is 43.3 Å². The van der Waals surface area contributed by atoms with Gasteiger partial charge in [0.25, 0.3) is 0 Å². The average molecular weight is 533 g/mol. The van der Waals surface area contributed by atoms with Gasteiger partial charge in [-0.25, -0.2) is 4.39 Å².